The zero-order valence-electron chi connectivity index (χ0n) is 11.6. The van der Waals surface area contributed by atoms with Gasteiger partial charge in [0.05, 0.1) is 5.02 Å². The Balaban J connectivity index is 2.22. The van der Waals surface area contributed by atoms with Crippen LogP contribution < -0.4 is 4.72 Å². The summed E-state index contributed by atoms with van der Waals surface area (Å²) in [4.78, 5) is 0.104. The first kappa shape index (κ1) is 15.1. The van der Waals surface area contributed by atoms with Gasteiger partial charge < -0.3 is 4.57 Å². The van der Waals surface area contributed by atoms with Crippen molar-refractivity contribution >= 4 is 21.6 Å². The van der Waals surface area contributed by atoms with Crippen LogP contribution in [0.1, 0.15) is 17.0 Å². The number of sulfonamides is 1. The highest BCUT2D eigenvalue weighted by Crippen LogP contribution is 2.21. The second-order valence-corrected chi connectivity index (χ2v) is 6.85. The summed E-state index contributed by atoms with van der Waals surface area (Å²) in [6.07, 6.45) is 0. The Kier molecular flexibility index (Phi) is 4.22. The molecule has 20 heavy (non-hydrogen) atoms. The van der Waals surface area contributed by atoms with Crippen molar-refractivity contribution in [3.63, 3.8) is 0 Å². The van der Waals surface area contributed by atoms with E-state index in [9.17, 15) is 8.42 Å². The van der Waals surface area contributed by atoms with Gasteiger partial charge in [0.25, 0.3) is 0 Å². The maximum atomic E-state index is 12.2. The first-order valence-corrected chi connectivity index (χ1v) is 8.05. The lowest BCUT2D eigenvalue weighted by atomic mass is 10.2. The standard InChI is InChI=1S/C14H17ClN2O2S/c1-10-8-12(11(2)17(10)3)9-16-20(18,19)14-7-5-4-6-13(14)15/h4-8,16H,9H2,1-3H3. The molecule has 1 heterocycles. The second kappa shape index (κ2) is 5.60. The van der Waals surface area contributed by atoms with Crippen molar-refractivity contribution in [1.82, 2.24) is 9.29 Å². The molecule has 0 aliphatic rings. The molecular formula is C14H17ClN2O2S. The lowest BCUT2D eigenvalue weighted by molar-refractivity contribution is 0.581. The van der Waals surface area contributed by atoms with E-state index in [2.05, 4.69) is 4.72 Å². The molecule has 1 aromatic heterocycles. The van der Waals surface area contributed by atoms with Gasteiger partial charge in [0.2, 0.25) is 10.0 Å². The number of halogens is 1. The van der Waals surface area contributed by atoms with E-state index < -0.39 is 10.0 Å². The number of hydrogen-bond donors (Lipinski definition) is 1. The molecule has 1 N–H and O–H groups in total. The third-order valence-electron chi connectivity index (χ3n) is 3.46. The lowest BCUT2D eigenvalue weighted by Gasteiger charge is -2.08. The van der Waals surface area contributed by atoms with Gasteiger partial charge in [0.15, 0.2) is 0 Å². The second-order valence-electron chi connectivity index (χ2n) is 4.71. The van der Waals surface area contributed by atoms with Gasteiger partial charge in [-0.15, -0.1) is 0 Å². The topological polar surface area (TPSA) is 51.1 Å². The SMILES string of the molecule is Cc1cc(CNS(=O)(=O)c2ccccc2Cl)c(C)n1C. The van der Waals surface area contributed by atoms with Crippen LogP contribution in [0, 0.1) is 13.8 Å². The smallest absolute Gasteiger partial charge is 0.242 e. The molecule has 0 aliphatic heterocycles. The first-order chi connectivity index (χ1) is 9.33. The molecule has 4 nitrogen and oxygen atoms in total. The summed E-state index contributed by atoms with van der Waals surface area (Å²) in [5.74, 6) is 0. The van der Waals surface area contributed by atoms with Gasteiger partial charge in [-0.05, 0) is 37.6 Å². The molecule has 1 aromatic carbocycles. The Morgan fingerprint density at radius 3 is 2.45 bits per heavy atom. The molecule has 6 heteroatoms. The van der Waals surface area contributed by atoms with E-state index in [0.717, 1.165) is 17.0 Å². The zero-order chi connectivity index (χ0) is 14.9. The van der Waals surface area contributed by atoms with Crippen LogP contribution in [-0.2, 0) is 23.6 Å². The summed E-state index contributed by atoms with van der Waals surface area (Å²) in [5, 5.41) is 0.223. The summed E-state index contributed by atoms with van der Waals surface area (Å²) in [6.45, 7) is 4.20. The minimum absolute atomic E-state index is 0.104. The maximum Gasteiger partial charge on any atom is 0.242 e. The van der Waals surface area contributed by atoms with E-state index in [-0.39, 0.29) is 16.5 Å². The van der Waals surface area contributed by atoms with Crippen LogP contribution in [0.5, 0.6) is 0 Å². The molecule has 0 fully saturated rings. The summed E-state index contributed by atoms with van der Waals surface area (Å²) >= 11 is 5.93. The quantitative estimate of drug-likeness (QED) is 0.944. The Labute approximate surface area is 124 Å². The number of aromatic nitrogens is 1. The highest BCUT2D eigenvalue weighted by atomic mass is 35.5. The Hall–Kier alpha value is -1.30. The number of nitrogens with zero attached hydrogens (tertiary/aromatic N) is 1. The molecule has 0 saturated carbocycles. The van der Waals surface area contributed by atoms with Gasteiger partial charge in [-0.3, -0.25) is 0 Å². The first-order valence-electron chi connectivity index (χ1n) is 6.19. The summed E-state index contributed by atoms with van der Waals surface area (Å²) in [7, 11) is -1.65. The average molecular weight is 313 g/mol. The molecule has 0 radical (unpaired) electrons. The van der Waals surface area contributed by atoms with Crippen molar-refractivity contribution in [3.8, 4) is 0 Å². The van der Waals surface area contributed by atoms with Crippen molar-refractivity contribution < 1.29 is 8.42 Å². The van der Waals surface area contributed by atoms with Crippen molar-refractivity contribution in [2.75, 3.05) is 0 Å². The third kappa shape index (κ3) is 2.90. The Morgan fingerprint density at radius 2 is 1.90 bits per heavy atom. The van der Waals surface area contributed by atoms with E-state index >= 15 is 0 Å². The minimum Gasteiger partial charge on any atom is -0.352 e. The average Bonchev–Trinajstić information content (AvgIpc) is 2.64. The van der Waals surface area contributed by atoms with E-state index in [1.807, 2.05) is 31.5 Å². The molecule has 0 bridgehead atoms. The van der Waals surface area contributed by atoms with E-state index in [4.69, 9.17) is 11.6 Å². The van der Waals surface area contributed by atoms with Gasteiger partial charge >= 0.3 is 0 Å². The van der Waals surface area contributed by atoms with Gasteiger partial charge in [0.1, 0.15) is 4.90 Å². The molecule has 2 rings (SSSR count). The van der Waals surface area contributed by atoms with Gasteiger partial charge in [0, 0.05) is 25.0 Å². The normalized spacial score (nSPS) is 11.8. The fourth-order valence-corrected chi connectivity index (χ4v) is 3.55. The van der Waals surface area contributed by atoms with Crippen LogP contribution >= 0.6 is 11.6 Å². The summed E-state index contributed by atoms with van der Waals surface area (Å²) < 4.78 is 29.1. The minimum atomic E-state index is -3.60. The predicted molar refractivity (Wildman–Crippen MR) is 80.4 cm³/mol. The summed E-state index contributed by atoms with van der Waals surface area (Å²) in [5.41, 5.74) is 3.10. The largest absolute Gasteiger partial charge is 0.352 e. The number of hydrogen-bond acceptors (Lipinski definition) is 2. The fraction of sp³-hybridized carbons (Fsp3) is 0.286. The monoisotopic (exact) mass is 312 g/mol. The van der Waals surface area contributed by atoms with Gasteiger partial charge in [-0.1, -0.05) is 23.7 Å². The molecule has 0 unspecified atom stereocenters. The van der Waals surface area contributed by atoms with Gasteiger partial charge in [-0.25, -0.2) is 13.1 Å². The molecule has 0 saturated heterocycles. The Morgan fingerprint density at radius 1 is 1.25 bits per heavy atom. The van der Waals surface area contributed by atoms with E-state index in [0.29, 0.717) is 0 Å². The van der Waals surface area contributed by atoms with E-state index in [1.165, 1.54) is 6.07 Å². The highest BCUT2D eigenvalue weighted by molar-refractivity contribution is 7.89. The molecular weight excluding hydrogens is 296 g/mol. The molecule has 0 atom stereocenters. The van der Waals surface area contributed by atoms with Crippen molar-refractivity contribution in [2.45, 2.75) is 25.3 Å². The number of aryl methyl sites for hydroxylation is 1. The van der Waals surface area contributed by atoms with Crippen molar-refractivity contribution in [2.24, 2.45) is 7.05 Å². The molecule has 0 spiro atoms. The molecule has 0 amide bonds. The van der Waals surface area contributed by atoms with Crippen LogP contribution in [0.4, 0.5) is 0 Å². The third-order valence-corrected chi connectivity index (χ3v) is 5.36. The molecule has 108 valence electrons. The highest BCUT2D eigenvalue weighted by Gasteiger charge is 2.18. The fourth-order valence-electron chi connectivity index (χ4n) is 2.03. The van der Waals surface area contributed by atoms with E-state index in [1.54, 1.807) is 18.2 Å². The number of benzene rings is 1. The predicted octanol–water partition coefficient (Wildman–Crippen LogP) is 2.77. The number of nitrogens with one attached hydrogen (secondary N) is 1. The molecule has 0 aliphatic carbocycles. The lowest BCUT2D eigenvalue weighted by Crippen LogP contribution is -2.23. The van der Waals surface area contributed by atoms with Crippen LogP contribution in [0.2, 0.25) is 5.02 Å². The maximum absolute atomic E-state index is 12.2. The van der Waals surface area contributed by atoms with Crippen LogP contribution in [0.15, 0.2) is 35.2 Å². The van der Waals surface area contributed by atoms with Crippen molar-refractivity contribution in [1.29, 1.82) is 0 Å². The Bertz CT molecular complexity index is 736. The van der Waals surface area contributed by atoms with Crippen LogP contribution in [0.25, 0.3) is 0 Å². The number of rotatable bonds is 4. The van der Waals surface area contributed by atoms with Crippen LogP contribution in [-0.4, -0.2) is 13.0 Å². The van der Waals surface area contributed by atoms with Crippen molar-refractivity contribution in [3.05, 3.63) is 52.3 Å². The molecule has 2 aromatic rings. The van der Waals surface area contributed by atoms with Crippen LogP contribution in [0.3, 0.4) is 0 Å². The zero-order valence-corrected chi connectivity index (χ0v) is 13.2. The van der Waals surface area contributed by atoms with Gasteiger partial charge in [-0.2, -0.15) is 0 Å². The summed E-state index contributed by atoms with van der Waals surface area (Å²) in [6, 6.07) is 8.39.